The highest BCUT2D eigenvalue weighted by molar-refractivity contribution is 7.92. The van der Waals surface area contributed by atoms with Crippen LogP contribution in [-0.2, 0) is 18.9 Å². The van der Waals surface area contributed by atoms with E-state index in [0.717, 1.165) is 0 Å². The number of nitrogens with zero attached hydrogens (tertiary/aromatic N) is 1. The Morgan fingerprint density at radius 2 is 1.95 bits per heavy atom. The number of hydrogen-bond donors (Lipinski definition) is 4. The van der Waals surface area contributed by atoms with Crippen LogP contribution in [0.3, 0.4) is 0 Å². The van der Waals surface area contributed by atoms with Gasteiger partial charge in [0.25, 0.3) is 0 Å². The molecule has 1 fully saturated rings. The molecular formula is C27H31ClF2N3O7PS. The number of likely N-dealkylation sites (N-methyl/N-ethyl adjacent to an activating group) is 1. The summed E-state index contributed by atoms with van der Waals surface area (Å²) in [4.78, 5) is 19.5. The predicted molar refractivity (Wildman–Crippen MR) is 155 cm³/mol. The second kappa shape index (κ2) is 11.9. The highest BCUT2D eigenvalue weighted by atomic mass is 35.5. The molecule has 1 atom stereocenters. The maximum Gasteiger partial charge on any atom is 0.469 e. The number of dihydropyridines is 1. The van der Waals surface area contributed by atoms with E-state index < -0.39 is 36.4 Å². The van der Waals surface area contributed by atoms with E-state index in [1.165, 1.54) is 6.07 Å². The van der Waals surface area contributed by atoms with Gasteiger partial charge in [0, 0.05) is 30.4 Å². The number of hydrogen-bond acceptors (Lipinski definition) is 8. The van der Waals surface area contributed by atoms with Gasteiger partial charge in [0.1, 0.15) is 11.9 Å². The van der Waals surface area contributed by atoms with Crippen molar-refractivity contribution in [1.82, 2.24) is 10.2 Å². The number of fused-ring (bicyclic) bond motifs is 3. The quantitative estimate of drug-likeness (QED) is 0.223. The lowest BCUT2D eigenvalue weighted by Crippen LogP contribution is -2.35. The Labute approximate surface area is 247 Å². The molecule has 4 N–H and O–H groups in total. The van der Waals surface area contributed by atoms with Gasteiger partial charge in [-0.1, -0.05) is 30.7 Å². The molecule has 0 bridgehead atoms. The molecule has 5 rings (SSSR count). The molecule has 0 radical (unpaired) electrons. The van der Waals surface area contributed by atoms with Crippen molar-refractivity contribution in [3.8, 4) is 16.9 Å². The number of ether oxygens (including phenoxy) is 1. The molecule has 0 amide bonds. The summed E-state index contributed by atoms with van der Waals surface area (Å²) in [5, 5.41) is 6.32. The Hall–Kier alpha value is -2.51. The molecule has 1 unspecified atom stereocenters. The number of sulfone groups is 1. The molecule has 0 saturated heterocycles. The van der Waals surface area contributed by atoms with Crippen molar-refractivity contribution in [3.05, 3.63) is 59.3 Å². The third-order valence-corrected chi connectivity index (χ3v) is 10.3. The largest absolute Gasteiger partial charge is 0.469 e. The summed E-state index contributed by atoms with van der Waals surface area (Å²) in [6, 6.07) is 9.66. The van der Waals surface area contributed by atoms with Gasteiger partial charge in [0.05, 0.1) is 33.9 Å². The molecule has 15 heteroatoms. The first kappa shape index (κ1) is 30.9. The van der Waals surface area contributed by atoms with E-state index in [1.54, 1.807) is 54.4 Å². The molecular weight excluding hydrogens is 615 g/mol. The third kappa shape index (κ3) is 6.99. The summed E-state index contributed by atoms with van der Waals surface area (Å²) in [7, 11) is -8.10. The highest BCUT2D eigenvalue weighted by Gasteiger charge is 2.39. The predicted octanol–water partition coefficient (Wildman–Crippen LogP) is 4.90. The monoisotopic (exact) mass is 645 g/mol. The number of phosphoric acid groups is 1. The normalized spacial score (nSPS) is 18.5. The topological polar surface area (TPSA) is 137 Å². The Balaban J connectivity index is 1.42. The fraction of sp³-hybridized carbons (Fsp3) is 0.407. The molecule has 42 heavy (non-hydrogen) atoms. The molecule has 2 aromatic rings. The average molecular weight is 646 g/mol. The number of alkyl halides is 2. The molecule has 2 heterocycles. The second-order valence-corrected chi connectivity index (χ2v) is 14.2. The van der Waals surface area contributed by atoms with Crippen LogP contribution in [0.15, 0.2) is 58.6 Å². The van der Waals surface area contributed by atoms with Crippen molar-refractivity contribution in [3.63, 3.8) is 0 Å². The van der Waals surface area contributed by atoms with Crippen molar-refractivity contribution in [2.45, 2.75) is 48.6 Å². The molecule has 2 aliphatic heterocycles. The van der Waals surface area contributed by atoms with Gasteiger partial charge in [-0.25, -0.2) is 13.0 Å². The van der Waals surface area contributed by atoms with Crippen LogP contribution in [0, 0.1) is 0 Å². The zero-order chi connectivity index (χ0) is 30.3. The van der Waals surface area contributed by atoms with Gasteiger partial charge in [0.2, 0.25) is 0 Å². The SMILES string of the molecule is CCN(CCOP(=O)(O)O)CCC(F)(F)Oc1ccc(-c2cccc(S(=O)(=O)C3CC3)c2)c2c1NC1NC=C(Cl)C=C21. The van der Waals surface area contributed by atoms with Crippen molar-refractivity contribution in [2.24, 2.45) is 0 Å². The van der Waals surface area contributed by atoms with Gasteiger partial charge in [-0.3, -0.25) is 4.52 Å². The van der Waals surface area contributed by atoms with Crippen molar-refractivity contribution in [2.75, 3.05) is 31.6 Å². The number of benzene rings is 2. The van der Waals surface area contributed by atoms with E-state index in [1.807, 2.05) is 0 Å². The molecule has 228 valence electrons. The molecule has 0 aromatic heterocycles. The molecule has 1 aliphatic carbocycles. The van der Waals surface area contributed by atoms with Gasteiger partial charge in [0.15, 0.2) is 9.84 Å². The van der Waals surface area contributed by atoms with Crippen LogP contribution in [0.25, 0.3) is 16.7 Å². The number of allylic oxidation sites excluding steroid dienone is 2. The standard InChI is InChI=1S/C27H31ClF2N3O7PS/c1-2-33(12-13-39-41(34,35)36)11-10-27(29,30)40-23-9-8-21(24-22-15-18(28)16-31-26(22)32-25(23)24)17-4-3-5-20(14-17)42(37,38)19-6-7-19/h3-5,8-9,14-16,19,26,31-32H,2,6-7,10-13H2,1H3,(H2,34,35,36). The molecule has 10 nitrogen and oxygen atoms in total. The maximum atomic E-state index is 15.1. The summed E-state index contributed by atoms with van der Waals surface area (Å²) in [6.45, 7) is 1.72. The van der Waals surface area contributed by atoms with Gasteiger partial charge < -0.3 is 30.1 Å². The molecule has 0 spiro atoms. The fourth-order valence-corrected chi connectivity index (χ4v) is 7.19. The van der Waals surface area contributed by atoms with Crippen LogP contribution in [-0.4, -0.2) is 66.9 Å². The minimum atomic E-state index is -4.65. The summed E-state index contributed by atoms with van der Waals surface area (Å²) >= 11 is 6.27. The zero-order valence-corrected chi connectivity index (χ0v) is 25.1. The van der Waals surface area contributed by atoms with E-state index in [2.05, 4.69) is 15.2 Å². The van der Waals surface area contributed by atoms with Crippen molar-refractivity contribution in [1.29, 1.82) is 0 Å². The lowest BCUT2D eigenvalue weighted by Gasteiger charge is -2.25. The van der Waals surface area contributed by atoms with E-state index >= 15 is 8.78 Å². The van der Waals surface area contributed by atoms with Crippen molar-refractivity contribution < 1.29 is 40.8 Å². The zero-order valence-electron chi connectivity index (χ0n) is 22.6. The summed E-state index contributed by atoms with van der Waals surface area (Å²) in [5.74, 6) is -0.0957. The Bertz CT molecular complexity index is 1580. The van der Waals surface area contributed by atoms with Crippen LogP contribution in [0.2, 0.25) is 0 Å². The van der Waals surface area contributed by atoms with E-state index in [4.69, 9.17) is 26.1 Å². The molecule has 2 aromatic carbocycles. The number of rotatable bonds is 13. The van der Waals surface area contributed by atoms with Crippen LogP contribution in [0.5, 0.6) is 5.75 Å². The highest BCUT2D eigenvalue weighted by Crippen LogP contribution is 2.49. The second-order valence-electron chi connectivity index (χ2n) is 10.3. The van der Waals surface area contributed by atoms with Crippen molar-refractivity contribution >= 4 is 40.5 Å². The van der Waals surface area contributed by atoms with Crippen LogP contribution in [0.1, 0.15) is 31.7 Å². The summed E-state index contributed by atoms with van der Waals surface area (Å²) < 4.78 is 76.7. The molecule has 3 aliphatic rings. The van der Waals surface area contributed by atoms with Crippen LogP contribution < -0.4 is 15.4 Å². The maximum absolute atomic E-state index is 15.1. The minimum Gasteiger partial charge on any atom is -0.430 e. The van der Waals surface area contributed by atoms with E-state index in [0.29, 0.717) is 52.4 Å². The number of nitrogens with one attached hydrogen (secondary N) is 2. The third-order valence-electron chi connectivity index (χ3n) is 7.27. The van der Waals surface area contributed by atoms with Gasteiger partial charge in [-0.05, 0) is 60.9 Å². The first-order chi connectivity index (χ1) is 19.8. The van der Waals surface area contributed by atoms with E-state index in [9.17, 15) is 13.0 Å². The lowest BCUT2D eigenvalue weighted by atomic mass is 9.93. The lowest BCUT2D eigenvalue weighted by molar-refractivity contribution is -0.182. The Kier molecular flexibility index (Phi) is 8.75. The van der Waals surface area contributed by atoms with Gasteiger partial charge in [-0.15, -0.1) is 0 Å². The Morgan fingerprint density at radius 1 is 1.19 bits per heavy atom. The summed E-state index contributed by atoms with van der Waals surface area (Å²) in [5.41, 5.74) is 2.81. The van der Waals surface area contributed by atoms with Gasteiger partial charge in [-0.2, -0.15) is 8.78 Å². The van der Waals surface area contributed by atoms with Gasteiger partial charge >= 0.3 is 13.9 Å². The number of halogens is 3. The Morgan fingerprint density at radius 3 is 2.64 bits per heavy atom. The average Bonchev–Trinajstić information content (AvgIpc) is 3.72. The van der Waals surface area contributed by atoms with E-state index in [-0.39, 0.29) is 35.6 Å². The smallest absolute Gasteiger partial charge is 0.430 e. The molecule has 1 saturated carbocycles. The first-order valence-electron chi connectivity index (χ1n) is 13.4. The van der Waals surface area contributed by atoms with Crippen LogP contribution >= 0.6 is 19.4 Å². The minimum absolute atomic E-state index is 0.0497. The number of anilines is 1. The number of phosphoric ester groups is 1. The summed E-state index contributed by atoms with van der Waals surface area (Å²) in [6.07, 6.45) is -0.173. The van der Waals surface area contributed by atoms with Crippen LogP contribution in [0.4, 0.5) is 14.5 Å². The fourth-order valence-electron chi connectivity index (χ4n) is 4.99. The first-order valence-corrected chi connectivity index (χ1v) is 16.8.